The maximum atomic E-state index is 12.3. The van der Waals surface area contributed by atoms with Gasteiger partial charge in [0.25, 0.3) is 5.91 Å². The summed E-state index contributed by atoms with van der Waals surface area (Å²) in [6.07, 6.45) is 2.13. The molecule has 2 aromatic rings. The van der Waals surface area contributed by atoms with Crippen LogP contribution in [-0.2, 0) is 4.79 Å². The summed E-state index contributed by atoms with van der Waals surface area (Å²) in [5.74, 6) is -0.109. The number of thioether (sulfide) groups is 1. The molecule has 2 amide bonds. The summed E-state index contributed by atoms with van der Waals surface area (Å²) in [5.41, 5.74) is 1.31. The van der Waals surface area contributed by atoms with Crippen LogP contribution in [0, 0.1) is 0 Å². The van der Waals surface area contributed by atoms with E-state index in [0.29, 0.717) is 17.3 Å². The Labute approximate surface area is 146 Å². The molecule has 0 spiro atoms. The molecule has 0 bridgehead atoms. The van der Waals surface area contributed by atoms with Crippen LogP contribution in [0.3, 0.4) is 0 Å². The van der Waals surface area contributed by atoms with Gasteiger partial charge in [-0.15, -0.1) is 11.8 Å². The van der Waals surface area contributed by atoms with Crippen molar-refractivity contribution < 1.29 is 9.59 Å². The van der Waals surface area contributed by atoms with Gasteiger partial charge < -0.3 is 10.6 Å². The molecule has 24 heavy (non-hydrogen) atoms. The highest BCUT2D eigenvalue weighted by atomic mass is 32.2. The van der Waals surface area contributed by atoms with E-state index in [9.17, 15) is 9.59 Å². The third-order valence-electron chi connectivity index (χ3n) is 3.75. The quantitative estimate of drug-likeness (QED) is 0.788. The van der Waals surface area contributed by atoms with Crippen molar-refractivity contribution in [3.05, 3.63) is 60.2 Å². The number of amides is 2. The van der Waals surface area contributed by atoms with E-state index in [0.717, 1.165) is 17.7 Å². The van der Waals surface area contributed by atoms with Gasteiger partial charge in [0.15, 0.2) is 0 Å². The number of benzene rings is 2. The second kappa shape index (κ2) is 7.53. The average Bonchev–Trinajstić information content (AvgIpc) is 3.40. The molecular formula is C19H20N2O2S. The molecule has 1 aliphatic carbocycles. The summed E-state index contributed by atoms with van der Waals surface area (Å²) in [4.78, 5) is 25.3. The highest BCUT2D eigenvalue weighted by Crippen LogP contribution is 2.24. The Hall–Kier alpha value is -2.27. The van der Waals surface area contributed by atoms with Gasteiger partial charge in [-0.25, -0.2) is 0 Å². The maximum Gasteiger partial charge on any atom is 0.251 e. The van der Waals surface area contributed by atoms with Gasteiger partial charge in [0, 0.05) is 22.2 Å². The molecule has 0 aliphatic heterocycles. The van der Waals surface area contributed by atoms with Crippen molar-refractivity contribution in [2.24, 2.45) is 0 Å². The van der Waals surface area contributed by atoms with Crippen molar-refractivity contribution in [2.45, 2.75) is 36.0 Å². The van der Waals surface area contributed by atoms with Crippen molar-refractivity contribution in [1.29, 1.82) is 0 Å². The van der Waals surface area contributed by atoms with E-state index in [1.54, 1.807) is 24.3 Å². The fourth-order valence-corrected chi connectivity index (χ4v) is 3.09. The minimum atomic E-state index is -0.203. The molecule has 0 saturated heterocycles. The molecule has 2 N–H and O–H groups in total. The van der Waals surface area contributed by atoms with E-state index < -0.39 is 0 Å². The molecule has 1 aliphatic rings. The Bertz CT molecular complexity index is 712. The van der Waals surface area contributed by atoms with Crippen molar-refractivity contribution in [3.63, 3.8) is 0 Å². The average molecular weight is 340 g/mol. The third kappa shape index (κ3) is 4.61. The number of carbonyl (C=O) groups is 2. The minimum absolute atomic E-state index is 0.0524. The molecule has 1 fully saturated rings. The van der Waals surface area contributed by atoms with Crippen LogP contribution in [0.4, 0.5) is 5.69 Å². The van der Waals surface area contributed by atoms with Crippen molar-refractivity contribution in [1.82, 2.24) is 5.32 Å². The third-order valence-corrected chi connectivity index (χ3v) is 4.86. The van der Waals surface area contributed by atoms with Gasteiger partial charge in [0.1, 0.15) is 0 Å². The van der Waals surface area contributed by atoms with Crippen LogP contribution in [-0.4, -0.2) is 23.1 Å². The van der Waals surface area contributed by atoms with Gasteiger partial charge in [-0.3, -0.25) is 9.59 Å². The predicted octanol–water partition coefficient (Wildman–Crippen LogP) is 3.70. The van der Waals surface area contributed by atoms with Crippen LogP contribution in [0.25, 0.3) is 0 Å². The van der Waals surface area contributed by atoms with Crippen LogP contribution in [0.5, 0.6) is 0 Å². The maximum absolute atomic E-state index is 12.3. The lowest BCUT2D eigenvalue weighted by Gasteiger charge is -2.12. The molecule has 0 aromatic heterocycles. The lowest BCUT2D eigenvalue weighted by atomic mass is 10.2. The van der Waals surface area contributed by atoms with E-state index in [2.05, 4.69) is 10.6 Å². The molecule has 1 saturated carbocycles. The molecule has 4 nitrogen and oxygen atoms in total. The van der Waals surface area contributed by atoms with Crippen LogP contribution in [0.1, 0.15) is 30.1 Å². The number of anilines is 1. The molecule has 3 rings (SSSR count). The first-order valence-electron chi connectivity index (χ1n) is 8.05. The number of carbonyl (C=O) groups excluding carboxylic acids is 2. The Morgan fingerprint density at radius 1 is 1.04 bits per heavy atom. The Morgan fingerprint density at radius 3 is 2.33 bits per heavy atom. The summed E-state index contributed by atoms with van der Waals surface area (Å²) in [6, 6.07) is 17.2. The summed E-state index contributed by atoms with van der Waals surface area (Å²) in [6.45, 7) is 1.88. The van der Waals surface area contributed by atoms with E-state index in [1.807, 2.05) is 37.3 Å². The second-order valence-corrected chi connectivity index (χ2v) is 7.30. The van der Waals surface area contributed by atoms with Gasteiger partial charge in [0.05, 0.1) is 5.25 Å². The highest BCUT2D eigenvalue weighted by molar-refractivity contribution is 8.00. The molecule has 2 aromatic carbocycles. The standard InChI is InChI=1S/C19H20N2O2S/c1-13(24-17-5-3-2-4-6-17)18(22)20-15-9-7-14(8-10-15)19(23)21-16-11-12-16/h2-10,13,16H,11-12H2,1H3,(H,20,22)(H,21,23). The van der Waals surface area contributed by atoms with Crippen LogP contribution < -0.4 is 10.6 Å². The summed E-state index contributed by atoms with van der Waals surface area (Å²) in [7, 11) is 0. The number of hydrogen-bond donors (Lipinski definition) is 2. The molecule has 124 valence electrons. The lowest BCUT2D eigenvalue weighted by molar-refractivity contribution is -0.115. The van der Waals surface area contributed by atoms with Crippen LogP contribution >= 0.6 is 11.8 Å². The van der Waals surface area contributed by atoms with Crippen molar-refractivity contribution in [3.8, 4) is 0 Å². The van der Waals surface area contributed by atoms with Gasteiger partial charge in [0.2, 0.25) is 5.91 Å². The number of hydrogen-bond acceptors (Lipinski definition) is 3. The van der Waals surface area contributed by atoms with Gasteiger partial charge in [-0.1, -0.05) is 18.2 Å². The predicted molar refractivity (Wildman–Crippen MR) is 97.3 cm³/mol. The van der Waals surface area contributed by atoms with E-state index >= 15 is 0 Å². The molecule has 1 atom stereocenters. The molecular weight excluding hydrogens is 320 g/mol. The normalized spacial score (nSPS) is 14.7. The summed E-state index contributed by atoms with van der Waals surface area (Å²) < 4.78 is 0. The first kappa shape index (κ1) is 16.6. The second-order valence-electron chi connectivity index (χ2n) is 5.89. The van der Waals surface area contributed by atoms with E-state index in [4.69, 9.17) is 0 Å². The van der Waals surface area contributed by atoms with E-state index in [-0.39, 0.29) is 17.1 Å². The van der Waals surface area contributed by atoms with Crippen LogP contribution in [0.2, 0.25) is 0 Å². The first-order chi connectivity index (χ1) is 11.6. The van der Waals surface area contributed by atoms with Crippen molar-refractivity contribution >= 4 is 29.3 Å². The zero-order valence-corrected chi connectivity index (χ0v) is 14.3. The minimum Gasteiger partial charge on any atom is -0.349 e. The van der Waals surface area contributed by atoms with Crippen molar-refractivity contribution in [2.75, 3.05) is 5.32 Å². The smallest absolute Gasteiger partial charge is 0.251 e. The molecule has 1 unspecified atom stereocenters. The van der Waals surface area contributed by atoms with E-state index in [1.165, 1.54) is 11.8 Å². The fourth-order valence-electron chi connectivity index (χ4n) is 2.20. The fraction of sp³-hybridized carbons (Fsp3) is 0.263. The molecule has 0 radical (unpaired) electrons. The number of rotatable bonds is 6. The monoisotopic (exact) mass is 340 g/mol. The summed E-state index contributed by atoms with van der Waals surface area (Å²) >= 11 is 1.52. The van der Waals surface area contributed by atoms with Crippen LogP contribution in [0.15, 0.2) is 59.5 Å². The number of nitrogens with one attached hydrogen (secondary N) is 2. The zero-order valence-electron chi connectivity index (χ0n) is 13.5. The van der Waals surface area contributed by atoms with Gasteiger partial charge >= 0.3 is 0 Å². The zero-order chi connectivity index (χ0) is 16.9. The Morgan fingerprint density at radius 2 is 1.71 bits per heavy atom. The first-order valence-corrected chi connectivity index (χ1v) is 8.93. The highest BCUT2D eigenvalue weighted by Gasteiger charge is 2.23. The topological polar surface area (TPSA) is 58.2 Å². The van der Waals surface area contributed by atoms with Gasteiger partial charge in [-0.2, -0.15) is 0 Å². The summed E-state index contributed by atoms with van der Waals surface area (Å²) in [5, 5.41) is 5.63. The SMILES string of the molecule is CC(Sc1ccccc1)C(=O)Nc1ccc(C(=O)NC2CC2)cc1. The Balaban J connectivity index is 1.54. The Kier molecular flexibility index (Phi) is 5.20. The van der Waals surface area contributed by atoms with Gasteiger partial charge in [-0.05, 0) is 56.2 Å². The molecule has 0 heterocycles. The lowest BCUT2D eigenvalue weighted by Crippen LogP contribution is -2.25. The molecule has 5 heteroatoms. The largest absolute Gasteiger partial charge is 0.349 e.